The van der Waals surface area contributed by atoms with E-state index in [1.54, 1.807) is 27.9 Å². The Labute approximate surface area is 176 Å². The predicted octanol–water partition coefficient (Wildman–Crippen LogP) is 4.34. The second-order valence-corrected chi connectivity index (χ2v) is 6.94. The maximum absolute atomic E-state index is 13.2. The van der Waals surface area contributed by atoms with Crippen LogP contribution < -0.4 is 10.1 Å². The molecular weight excluding hydrogens is 380 g/mol. The highest BCUT2D eigenvalue weighted by Gasteiger charge is 2.25. The summed E-state index contributed by atoms with van der Waals surface area (Å²) in [5.41, 5.74) is 3.80. The van der Waals surface area contributed by atoms with E-state index in [4.69, 9.17) is 9.47 Å². The number of aryl methyl sites for hydroxylation is 1. The van der Waals surface area contributed by atoms with E-state index in [0.29, 0.717) is 22.5 Å². The van der Waals surface area contributed by atoms with E-state index in [1.807, 2.05) is 54.6 Å². The Morgan fingerprint density at radius 2 is 1.63 bits per heavy atom. The van der Waals surface area contributed by atoms with Crippen molar-refractivity contribution in [2.75, 3.05) is 13.7 Å². The number of aromatic nitrogens is 1. The van der Waals surface area contributed by atoms with Gasteiger partial charge in [-0.15, -0.1) is 0 Å². The van der Waals surface area contributed by atoms with Crippen LogP contribution in [0.2, 0.25) is 0 Å². The van der Waals surface area contributed by atoms with Crippen molar-refractivity contribution in [2.24, 2.45) is 0 Å². The number of methoxy groups -OCH3 is 1. The third-order valence-corrected chi connectivity index (χ3v) is 5.00. The number of rotatable bonds is 7. The molecule has 1 unspecified atom stereocenters. The second kappa shape index (κ2) is 9.31. The van der Waals surface area contributed by atoms with Crippen LogP contribution in [0.5, 0.6) is 5.75 Å². The van der Waals surface area contributed by atoms with Gasteiger partial charge in [0.25, 0.3) is 5.91 Å². The number of carbonyl (C=O) groups excluding carboxylic acids is 2. The summed E-state index contributed by atoms with van der Waals surface area (Å²) in [7, 11) is 1.61. The number of hydrogen-bond donors (Lipinski definition) is 2. The van der Waals surface area contributed by atoms with E-state index in [2.05, 4.69) is 10.3 Å². The highest BCUT2D eigenvalue weighted by atomic mass is 16.5. The maximum atomic E-state index is 13.2. The lowest BCUT2D eigenvalue weighted by Crippen LogP contribution is -2.30. The minimum atomic E-state index is -0.433. The Balaban J connectivity index is 1.94. The first-order chi connectivity index (χ1) is 14.5. The number of amides is 1. The Hall–Kier alpha value is -3.54. The van der Waals surface area contributed by atoms with Crippen molar-refractivity contribution >= 4 is 11.9 Å². The van der Waals surface area contributed by atoms with Gasteiger partial charge >= 0.3 is 5.97 Å². The van der Waals surface area contributed by atoms with Crippen LogP contribution in [0, 0.1) is 13.8 Å². The predicted molar refractivity (Wildman–Crippen MR) is 115 cm³/mol. The molecule has 0 radical (unpaired) electrons. The van der Waals surface area contributed by atoms with Crippen molar-refractivity contribution < 1.29 is 19.1 Å². The molecule has 156 valence electrons. The van der Waals surface area contributed by atoms with E-state index in [1.165, 1.54) is 0 Å². The van der Waals surface area contributed by atoms with Crippen LogP contribution in [0.15, 0.2) is 54.6 Å². The number of H-pyrrole nitrogens is 1. The SMILES string of the molecule is CCOC(=O)c1c(C)[nH]c(C(=O)NC(c2ccccc2)c2ccc(OC)cc2)c1C. The molecule has 0 fully saturated rings. The zero-order valence-corrected chi connectivity index (χ0v) is 17.6. The number of aromatic amines is 1. The summed E-state index contributed by atoms with van der Waals surface area (Å²) in [5, 5.41) is 3.09. The third kappa shape index (κ3) is 4.38. The summed E-state index contributed by atoms with van der Waals surface area (Å²) < 4.78 is 10.4. The minimum Gasteiger partial charge on any atom is -0.497 e. The molecule has 1 heterocycles. The van der Waals surface area contributed by atoms with Gasteiger partial charge in [0.2, 0.25) is 0 Å². The largest absolute Gasteiger partial charge is 0.497 e. The van der Waals surface area contributed by atoms with E-state index < -0.39 is 5.97 Å². The van der Waals surface area contributed by atoms with Crippen molar-refractivity contribution in [1.29, 1.82) is 0 Å². The van der Waals surface area contributed by atoms with Gasteiger partial charge in [-0.05, 0) is 49.6 Å². The summed E-state index contributed by atoms with van der Waals surface area (Å²) in [5.74, 6) is 0.0141. The molecule has 6 heteroatoms. The molecule has 3 aromatic rings. The van der Waals surface area contributed by atoms with Crippen LogP contribution >= 0.6 is 0 Å². The Morgan fingerprint density at radius 3 is 2.23 bits per heavy atom. The van der Waals surface area contributed by atoms with Gasteiger partial charge in [0.15, 0.2) is 0 Å². The number of hydrogen-bond acceptors (Lipinski definition) is 4. The molecule has 1 atom stereocenters. The van der Waals surface area contributed by atoms with Gasteiger partial charge in [0.05, 0.1) is 25.3 Å². The molecule has 3 rings (SSSR count). The molecule has 0 saturated carbocycles. The lowest BCUT2D eigenvalue weighted by Gasteiger charge is -2.20. The number of esters is 1. The molecule has 1 aromatic heterocycles. The average molecular weight is 406 g/mol. The number of benzene rings is 2. The van der Waals surface area contributed by atoms with Gasteiger partial charge in [-0.1, -0.05) is 42.5 Å². The molecule has 1 amide bonds. The molecule has 0 aliphatic rings. The smallest absolute Gasteiger partial charge is 0.340 e. The first kappa shape index (κ1) is 21.2. The summed E-state index contributed by atoms with van der Waals surface area (Å²) in [4.78, 5) is 28.5. The van der Waals surface area contributed by atoms with Gasteiger partial charge in [-0.25, -0.2) is 4.79 Å². The average Bonchev–Trinajstić information content (AvgIpc) is 3.07. The normalized spacial score (nSPS) is 11.6. The third-order valence-electron chi connectivity index (χ3n) is 5.00. The lowest BCUT2D eigenvalue weighted by atomic mass is 9.98. The van der Waals surface area contributed by atoms with Crippen LogP contribution in [0.1, 0.15) is 56.2 Å². The monoisotopic (exact) mass is 406 g/mol. The quantitative estimate of drug-likeness (QED) is 0.572. The standard InChI is InChI=1S/C24H26N2O4/c1-5-30-24(28)20-15(2)21(25-16(20)3)23(27)26-22(17-9-7-6-8-10-17)18-11-13-19(29-4)14-12-18/h6-14,22,25H,5H2,1-4H3,(H,26,27). The van der Waals surface area contributed by atoms with Gasteiger partial charge < -0.3 is 19.8 Å². The zero-order valence-electron chi connectivity index (χ0n) is 17.6. The second-order valence-electron chi connectivity index (χ2n) is 6.94. The summed E-state index contributed by atoms with van der Waals surface area (Å²) in [6.45, 7) is 5.53. The number of carbonyl (C=O) groups is 2. The Kier molecular flexibility index (Phi) is 6.57. The molecule has 2 N–H and O–H groups in total. The van der Waals surface area contributed by atoms with Crippen LogP contribution in [-0.4, -0.2) is 30.6 Å². The first-order valence-electron chi connectivity index (χ1n) is 9.82. The molecule has 0 bridgehead atoms. The van der Waals surface area contributed by atoms with Crippen LogP contribution in [0.25, 0.3) is 0 Å². The summed E-state index contributed by atoms with van der Waals surface area (Å²) in [6, 6.07) is 16.9. The lowest BCUT2D eigenvalue weighted by molar-refractivity contribution is 0.0525. The van der Waals surface area contributed by atoms with Gasteiger partial charge in [-0.2, -0.15) is 0 Å². The molecule has 0 saturated heterocycles. The number of nitrogens with one attached hydrogen (secondary N) is 2. The van der Waals surface area contributed by atoms with E-state index in [0.717, 1.165) is 16.9 Å². The fraction of sp³-hybridized carbons (Fsp3) is 0.250. The van der Waals surface area contributed by atoms with E-state index in [9.17, 15) is 9.59 Å². The molecular formula is C24H26N2O4. The highest BCUT2D eigenvalue weighted by molar-refractivity contribution is 6.00. The van der Waals surface area contributed by atoms with Crippen molar-refractivity contribution in [1.82, 2.24) is 10.3 Å². The van der Waals surface area contributed by atoms with Crippen molar-refractivity contribution in [3.05, 3.63) is 88.2 Å². The van der Waals surface area contributed by atoms with Crippen molar-refractivity contribution in [3.8, 4) is 5.75 Å². The van der Waals surface area contributed by atoms with Crippen LogP contribution in [0.4, 0.5) is 0 Å². The first-order valence-corrected chi connectivity index (χ1v) is 9.82. The van der Waals surface area contributed by atoms with Crippen LogP contribution in [0.3, 0.4) is 0 Å². The summed E-state index contributed by atoms with van der Waals surface area (Å²) >= 11 is 0. The Morgan fingerprint density at radius 1 is 1.00 bits per heavy atom. The topological polar surface area (TPSA) is 80.4 Å². The molecule has 0 aliphatic carbocycles. The van der Waals surface area contributed by atoms with E-state index in [-0.39, 0.29) is 18.6 Å². The van der Waals surface area contributed by atoms with Crippen molar-refractivity contribution in [3.63, 3.8) is 0 Å². The molecule has 0 aliphatic heterocycles. The zero-order chi connectivity index (χ0) is 21.7. The van der Waals surface area contributed by atoms with E-state index >= 15 is 0 Å². The fourth-order valence-electron chi connectivity index (χ4n) is 3.49. The molecule has 30 heavy (non-hydrogen) atoms. The van der Waals surface area contributed by atoms with Crippen molar-refractivity contribution in [2.45, 2.75) is 26.8 Å². The molecule has 6 nitrogen and oxygen atoms in total. The fourth-order valence-corrected chi connectivity index (χ4v) is 3.49. The van der Waals surface area contributed by atoms with Gasteiger partial charge in [0, 0.05) is 5.69 Å². The minimum absolute atomic E-state index is 0.276. The Bertz CT molecular complexity index is 1020. The van der Waals surface area contributed by atoms with Gasteiger partial charge in [0.1, 0.15) is 11.4 Å². The number of ether oxygens (including phenoxy) is 2. The highest BCUT2D eigenvalue weighted by Crippen LogP contribution is 2.26. The van der Waals surface area contributed by atoms with Crippen LogP contribution in [-0.2, 0) is 4.74 Å². The maximum Gasteiger partial charge on any atom is 0.340 e. The van der Waals surface area contributed by atoms with Gasteiger partial charge in [-0.3, -0.25) is 4.79 Å². The molecule has 2 aromatic carbocycles. The molecule has 0 spiro atoms. The summed E-state index contributed by atoms with van der Waals surface area (Å²) in [6.07, 6.45) is 0.